The lowest BCUT2D eigenvalue weighted by molar-refractivity contribution is 0.102. The van der Waals surface area contributed by atoms with Crippen LogP contribution in [0.3, 0.4) is 0 Å². The maximum atomic E-state index is 13.4. The average Bonchev–Trinajstić information content (AvgIpc) is 3.43. The van der Waals surface area contributed by atoms with Gasteiger partial charge in [-0.3, -0.25) is 4.79 Å². The highest BCUT2D eigenvalue weighted by Crippen LogP contribution is 2.34. The summed E-state index contributed by atoms with van der Waals surface area (Å²) < 4.78 is 26.4. The first-order chi connectivity index (χ1) is 15.3. The molecule has 1 fully saturated rings. The zero-order valence-electron chi connectivity index (χ0n) is 16.9. The number of hydrogen-bond acceptors (Lipinski definition) is 5. The quantitative estimate of drug-likeness (QED) is 0.526. The molecule has 1 aliphatic rings. The Bertz CT molecular complexity index is 1190. The van der Waals surface area contributed by atoms with Gasteiger partial charge in [-0.1, -0.05) is 29.0 Å². The average molecular weight is 478 g/mol. The molecule has 0 radical (unpaired) electrons. The summed E-state index contributed by atoms with van der Waals surface area (Å²) in [4.78, 5) is 26.9. The summed E-state index contributed by atoms with van der Waals surface area (Å²) in [6.07, 6.45) is 1.46. The topological polar surface area (TPSA) is 87.2 Å². The molecule has 1 aliphatic heterocycles. The Morgan fingerprint density at radius 1 is 1.09 bits per heavy atom. The zero-order chi connectivity index (χ0) is 22.8. The third kappa shape index (κ3) is 4.71. The van der Waals surface area contributed by atoms with E-state index >= 15 is 0 Å². The predicted molar refractivity (Wildman–Crippen MR) is 118 cm³/mol. The predicted octanol–water partition coefficient (Wildman–Crippen LogP) is 5.40. The molecule has 3 aromatic rings. The van der Waals surface area contributed by atoms with Gasteiger partial charge in [0, 0.05) is 29.0 Å². The van der Waals surface area contributed by atoms with E-state index in [1.54, 1.807) is 17.0 Å². The van der Waals surface area contributed by atoms with Crippen molar-refractivity contribution in [3.63, 3.8) is 0 Å². The number of anilines is 2. The first kappa shape index (κ1) is 22.1. The van der Waals surface area contributed by atoms with E-state index in [9.17, 15) is 18.4 Å². The number of urea groups is 1. The first-order valence-corrected chi connectivity index (χ1v) is 10.9. The molecule has 11 heteroatoms. The molecule has 0 aliphatic carbocycles. The van der Waals surface area contributed by atoms with Crippen molar-refractivity contribution >= 4 is 46.3 Å². The number of amides is 3. The molecule has 2 N–H and O–H groups in total. The van der Waals surface area contributed by atoms with E-state index in [2.05, 4.69) is 20.8 Å². The number of rotatable bonds is 4. The molecule has 7 nitrogen and oxygen atoms in total. The third-order valence-corrected chi connectivity index (χ3v) is 6.46. The summed E-state index contributed by atoms with van der Waals surface area (Å²) >= 11 is 7.18. The summed E-state index contributed by atoms with van der Waals surface area (Å²) in [5.74, 6) is -2.67. The lowest BCUT2D eigenvalue weighted by Crippen LogP contribution is -2.34. The zero-order valence-corrected chi connectivity index (χ0v) is 18.4. The third-order valence-electron chi connectivity index (χ3n) is 5.03. The SMILES string of the molecule is Cc1ccc(NC(=O)N2CCC[C@H]2c2nnc(C(=O)Nc3ccc(F)c(F)c3)s2)cc1Cl. The van der Waals surface area contributed by atoms with Gasteiger partial charge in [0.05, 0.1) is 6.04 Å². The van der Waals surface area contributed by atoms with Gasteiger partial charge < -0.3 is 15.5 Å². The van der Waals surface area contributed by atoms with Crippen molar-refractivity contribution in [2.45, 2.75) is 25.8 Å². The van der Waals surface area contributed by atoms with Crippen LogP contribution in [0, 0.1) is 18.6 Å². The number of nitrogens with one attached hydrogen (secondary N) is 2. The second-order valence-corrected chi connectivity index (χ2v) is 8.69. The molecule has 0 spiro atoms. The Morgan fingerprint density at radius 3 is 2.59 bits per heavy atom. The number of carbonyl (C=O) groups is 2. The van der Waals surface area contributed by atoms with E-state index in [1.807, 2.05) is 13.0 Å². The number of aryl methyl sites for hydroxylation is 1. The summed E-state index contributed by atoms with van der Waals surface area (Å²) in [6.45, 7) is 2.41. The van der Waals surface area contributed by atoms with Crippen LogP contribution in [0.25, 0.3) is 0 Å². The number of nitrogens with zero attached hydrogens (tertiary/aromatic N) is 3. The van der Waals surface area contributed by atoms with Gasteiger partial charge in [0.25, 0.3) is 5.91 Å². The second kappa shape index (κ2) is 9.17. The number of benzene rings is 2. The molecule has 166 valence electrons. The highest BCUT2D eigenvalue weighted by Gasteiger charge is 2.33. The monoisotopic (exact) mass is 477 g/mol. The van der Waals surface area contributed by atoms with Crippen LogP contribution in [-0.4, -0.2) is 33.6 Å². The van der Waals surface area contributed by atoms with Crippen LogP contribution >= 0.6 is 22.9 Å². The molecule has 32 heavy (non-hydrogen) atoms. The highest BCUT2D eigenvalue weighted by molar-refractivity contribution is 7.13. The number of likely N-dealkylation sites (tertiary alicyclic amines) is 1. The summed E-state index contributed by atoms with van der Waals surface area (Å²) in [5, 5.41) is 14.4. The van der Waals surface area contributed by atoms with E-state index in [0.717, 1.165) is 35.5 Å². The standard InChI is InChI=1S/C21H18ClF2N5O2S/c1-11-4-5-12(9-14(11)22)26-21(31)29-8-2-3-17(29)19-27-28-20(32-19)18(30)25-13-6-7-15(23)16(24)10-13/h4-7,9-10,17H,2-3,8H2,1H3,(H,25,30)(H,26,31)/t17-/m0/s1. The van der Waals surface area contributed by atoms with E-state index in [4.69, 9.17) is 11.6 Å². The van der Waals surface area contributed by atoms with Gasteiger partial charge in [0.1, 0.15) is 5.01 Å². The Labute approximate surface area is 191 Å². The lowest BCUT2D eigenvalue weighted by Gasteiger charge is -2.23. The minimum Gasteiger partial charge on any atom is -0.320 e. The van der Waals surface area contributed by atoms with E-state index in [-0.39, 0.29) is 22.8 Å². The van der Waals surface area contributed by atoms with Gasteiger partial charge in [-0.05, 0) is 49.6 Å². The number of halogens is 3. The maximum Gasteiger partial charge on any atom is 0.322 e. The van der Waals surface area contributed by atoms with Crippen LogP contribution in [-0.2, 0) is 0 Å². The van der Waals surface area contributed by atoms with Gasteiger partial charge in [0.15, 0.2) is 11.6 Å². The molecule has 1 saturated heterocycles. The van der Waals surface area contributed by atoms with Crippen molar-refractivity contribution < 1.29 is 18.4 Å². The Kier molecular flexibility index (Phi) is 6.33. The summed E-state index contributed by atoms with van der Waals surface area (Å²) in [5.41, 5.74) is 1.59. The largest absolute Gasteiger partial charge is 0.322 e. The van der Waals surface area contributed by atoms with Crippen LogP contribution < -0.4 is 10.6 Å². The fourth-order valence-electron chi connectivity index (χ4n) is 3.35. The van der Waals surface area contributed by atoms with Crippen LogP contribution in [0.5, 0.6) is 0 Å². The molecule has 4 rings (SSSR count). The molecular formula is C21H18ClF2N5O2S. The van der Waals surface area contributed by atoms with Crippen molar-refractivity contribution in [3.05, 3.63) is 68.6 Å². The molecule has 3 amide bonds. The van der Waals surface area contributed by atoms with Crippen LogP contribution in [0.4, 0.5) is 25.0 Å². The molecule has 1 aromatic heterocycles. The van der Waals surface area contributed by atoms with Crippen molar-refractivity contribution in [2.75, 3.05) is 17.2 Å². The smallest absolute Gasteiger partial charge is 0.320 e. The normalized spacial score (nSPS) is 15.6. The fraction of sp³-hybridized carbons (Fsp3) is 0.238. The van der Waals surface area contributed by atoms with Crippen molar-refractivity contribution in [3.8, 4) is 0 Å². The van der Waals surface area contributed by atoms with Crippen molar-refractivity contribution in [1.82, 2.24) is 15.1 Å². The van der Waals surface area contributed by atoms with E-state index < -0.39 is 17.5 Å². The molecule has 0 unspecified atom stereocenters. The van der Waals surface area contributed by atoms with Crippen LogP contribution in [0.1, 0.15) is 39.3 Å². The van der Waals surface area contributed by atoms with Gasteiger partial charge in [0.2, 0.25) is 5.01 Å². The van der Waals surface area contributed by atoms with Crippen molar-refractivity contribution in [2.24, 2.45) is 0 Å². The molecule has 1 atom stereocenters. The minimum atomic E-state index is -1.07. The molecule has 0 saturated carbocycles. The molecule has 2 heterocycles. The number of hydrogen-bond donors (Lipinski definition) is 2. The van der Waals surface area contributed by atoms with Gasteiger partial charge in [-0.15, -0.1) is 10.2 Å². The van der Waals surface area contributed by atoms with Gasteiger partial charge >= 0.3 is 6.03 Å². The lowest BCUT2D eigenvalue weighted by atomic mass is 10.2. The van der Waals surface area contributed by atoms with Crippen LogP contribution in [0.15, 0.2) is 36.4 Å². The van der Waals surface area contributed by atoms with E-state index in [1.165, 1.54) is 6.07 Å². The minimum absolute atomic E-state index is 0.0577. The Balaban J connectivity index is 1.45. The number of carbonyl (C=O) groups excluding carboxylic acids is 2. The van der Waals surface area contributed by atoms with Crippen molar-refractivity contribution in [1.29, 1.82) is 0 Å². The van der Waals surface area contributed by atoms with Gasteiger partial charge in [-0.25, -0.2) is 13.6 Å². The summed E-state index contributed by atoms with van der Waals surface area (Å²) in [7, 11) is 0. The maximum absolute atomic E-state index is 13.4. The fourth-order valence-corrected chi connectivity index (χ4v) is 4.42. The first-order valence-electron chi connectivity index (χ1n) is 9.75. The highest BCUT2D eigenvalue weighted by atomic mass is 35.5. The van der Waals surface area contributed by atoms with Crippen LogP contribution in [0.2, 0.25) is 5.02 Å². The second-order valence-electron chi connectivity index (χ2n) is 7.27. The molecular weight excluding hydrogens is 460 g/mol. The summed E-state index contributed by atoms with van der Waals surface area (Å²) in [6, 6.07) is 7.72. The van der Waals surface area contributed by atoms with E-state index in [0.29, 0.717) is 28.7 Å². The Hall–Kier alpha value is -3.11. The Morgan fingerprint density at radius 2 is 1.84 bits per heavy atom. The van der Waals surface area contributed by atoms with Gasteiger partial charge in [-0.2, -0.15) is 0 Å². The molecule has 2 aromatic carbocycles. The molecule has 0 bridgehead atoms. The number of aromatic nitrogens is 2.